The number of carbonyl (C=O) groups is 1. The Kier molecular flexibility index (Phi) is 5.01. The zero-order chi connectivity index (χ0) is 12.8. The zero-order valence-electron chi connectivity index (χ0n) is 11.5. The van der Waals surface area contributed by atoms with Crippen LogP contribution in [0.1, 0.15) is 51.4 Å². The first kappa shape index (κ1) is 13.8. The molecule has 0 spiro atoms. The van der Waals surface area contributed by atoms with E-state index in [0.29, 0.717) is 13.0 Å². The fraction of sp³-hybridized carbons (Fsp3) is 0.929. The lowest BCUT2D eigenvalue weighted by Crippen LogP contribution is -2.50. The van der Waals surface area contributed by atoms with Gasteiger partial charge in [-0.3, -0.25) is 4.79 Å². The summed E-state index contributed by atoms with van der Waals surface area (Å²) < 4.78 is 5.39. The Morgan fingerprint density at radius 2 is 2.06 bits per heavy atom. The van der Waals surface area contributed by atoms with Gasteiger partial charge in [0.15, 0.2) is 0 Å². The van der Waals surface area contributed by atoms with Crippen LogP contribution in [0.5, 0.6) is 0 Å². The van der Waals surface area contributed by atoms with Gasteiger partial charge in [-0.15, -0.1) is 0 Å². The van der Waals surface area contributed by atoms with Gasteiger partial charge in [0, 0.05) is 18.6 Å². The summed E-state index contributed by atoms with van der Waals surface area (Å²) >= 11 is 0. The van der Waals surface area contributed by atoms with Crippen molar-refractivity contribution in [3.63, 3.8) is 0 Å². The fourth-order valence-corrected chi connectivity index (χ4v) is 3.18. The van der Waals surface area contributed by atoms with Crippen LogP contribution in [-0.2, 0) is 9.53 Å². The molecule has 1 aliphatic carbocycles. The smallest absolute Gasteiger partial charge is 0.222 e. The van der Waals surface area contributed by atoms with Crippen LogP contribution < -0.4 is 10.6 Å². The van der Waals surface area contributed by atoms with Crippen molar-refractivity contribution in [2.45, 2.75) is 62.9 Å². The summed E-state index contributed by atoms with van der Waals surface area (Å²) in [4.78, 5) is 12.1. The molecule has 0 radical (unpaired) electrons. The molecular formula is C14H26N2O2. The summed E-state index contributed by atoms with van der Waals surface area (Å²) in [5.41, 5.74) is 0.0395. The molecule has 18 heavy (non-hydrogen) atoms. The van der Waals surface area contributed by atoms with Crippen molar-refractivity contribution < 1.29 is 9.53 Å². The lowest BCUT2D eigenvalue weighted by Gasteiger charge is -2.37. The van der Waals surface area contributed by atoms with Gasteiger partial charge in [0.2, 0.25) is 5.91 Å². The number of hydrogen-bond acceptors (Lipinski definition) is 3. The van der Waals surface area contributed by atoms with Crippen LogP contribution in [0.25, 0.3) is 0 Å². The van der Waals surface area contributed by atoms with Gasteiger partial charge in [0.1, 0.15) is 0 Å². The van der Waals surface area contributed by atoms with Crippen LogP contribution >= 0.6 is 0 Å². The van der Waals surface area contributed by atoms with Crippen molar-refractivity contribution in [2.75, 3.05) is 20.3 Å². The quantitative estimate of drug-likeness (QED) is 0.801. The molecule has 0 bridgehead atoms. The first-order chi connectivity index (χ1) is 8.74. The van der Waals surface area contributed by atoms with E-state index in [1.165, 1.54) is 19.3 Å². The third-order valence-electron chi connectivity index (χ3n) is 4.37. The average Bonchev–Trinajstić information content (AvgIpc) is 2.41. The maximum absolute atomic E-state index is 12.1. The summed E-state index contributed by atoms with van der Waals surface area (Å²) in [6.07, 6.45) is 8.75. The van der Waals surface area contributed by atoms with Crippen molar-refractivity contribution in [1.29, 1.82) is 0 Å². The van der Waals surface area contributed by atoms with Gasteiger partial charge in [-0.1, -0.05) is 19.3 Å². The van der Waals surface area contributed by atoms with E-state index in [2.05, 4.69) is 10.6 Å². The van der Waals surface area contributed by atoms with Gasteiger partial charge in [0.25, 0.3) is 0 Å². The second-order valence-corrected chi connectivity index (χ2v) is 5.75. The normalized spacial score (nSPS) is 27.7. The third-order valence-corrected chi connectivity index (χ3v) is 4.37. The predicted molar refractivity (Wildman–Crippen MR) is 71.5 cm³/mol. The lowest BCUT2D eigenvalue weighted by molar-refractivity contribution is -0.124. The highest BCUT2D eigenvalue weighted by Gasteiger charge is 2.33. The Hall–Kier alpha value is -0.610. The fourth-order valence-electron chi connectivity index (χ4n) is 3.18. The van der Waals surface area contributed by atoms with E-state index < -0.39 is 0 Å². The van der Waals surface area contributed by atoms with Crippen molar-refractivity contribution in [3.05, 3.63) is 0 Å². The Morgan fingerprint density at radius 1 is 1.28 bits per heavy atom. The second-order valence-electron chi connectivity index (χ2n) is 5.75. The standard InChI is InChI=1S/C14H26N2O2/c1-15-14(7-3-2-4-8-14)10-13(17)16-12-6-5-9-18-11-12/h12,15H,2-11H2,1H3,(H,16,17). The van der Waals surface area contributed by atoms with E-state index >= 15 is 0 Å². The van der Waals surface area contributed by atoms with Gasteiger partial charge >= 0.3 is 0 Å². The molecule has 1 amide bonds. The molecule has 0 aromatic carbocycles. The topological polar surface area (TPSA) is 50.4 Å². The number of nitrogens with one attached hydrogen (secondary N) is 2. The van der Waals surface area contributed by atoms with Gasteiger partial charge in [0.05, 0.1) is 12.6 Å². The number of hydrogen-bond donors (Lipinski definition) is 2. The SMILES string of the molecule is CNC1(CC(=O)NC2CCCOC2)CCCCC1. The number of carbonyl (C=O) groups excluding carboxylic acids is 1. The van der Waals surface area contributed by atoms with Crippen LogP contribution in [-0.4, -0.2) is 37.7 Å². The van der Waals surface area contributed by atoms with E-state index in [-0.39, 0.29) is 17.5 Å². The number of rotatable bonds is 4. The van der Waals surface area contributed by atoms with E-state index in [1.54, 1.807) is 0 Å². The summed E-state index contributed by atoms with van der Waals surface area (Å²) in [6, 6.07) is 0.226. The molecule has 1 heterocycles. The van der Waals surface area contributed by atoms with Gasteiger partial charge in [-0.25, -0.2) is 0 Å². The molecule has 0 aromatic heterocycles. The highest BCUT2D eigenvalue weighted by Crippen LogP contribution is 2.30. The maximum Gasteiger partial charge on any atom is 0.222 e. The summed E-state index contributed by atoms with van der Waals surface area (Å²) in [5.74, 6) is 0.182. The predicted octanol–water partition coefficient (Wildman–Crippen LogP) is 1.59. The summed E-state index contributed by atoms with van der Waals surface area (Å²) in [6.45, 7) is 1.52. The van der Waals surface area contributed by atoms with Gasteiger partial charge in [-0.05, 0) is 32.7 Å². The molecule has 1 saturated heterocycles. The molecule has 2 N–H and O–H groups in total. The molecule has 4 nitrogen and oxygen atoms in total. The molecular weight excluding hydrogens is 228 g/mol. The molecule has 1 atom stereocenters. The van der Waals surface area contributed by atoms with Crippen molar-refractivity contribution in [1.82, 2.24) is 10.6 Å². The van der Waals surface area contributed by atoms with Crippen molar-refractivity contribution in [2.24, 2.45) is 0 Å². The van der Waals surface area contributed by atoms with E-state index in [0.717, 1.165) is 32.3 Å². The average molecular weight is 254 g/mol. The van der Waals surface area contributed by atoms with Crippen LogP contribution in [0.3, 0.4) is 0 Å². The van der Waals surface area contributed by atoms with Crippen LogP contribution in [0, 0.1) is 0 Å². The van der Waals surface area contributed by atoms with Crippen LogP contribution in [0.2, 0.25) is 0 Å². The third kappa shape index (κ3) is 3.69. The number of ether oxygens (including phenoxy) is 1. The minimum absolute atomic E-state index is 0.0395. The first-order valence-corrected chi connectivity index (χ1v) is 7.30. The Labute approximate surface area is 110 Å². The minimum atomic E-state index is 0.0395. The summed E-state index contributed by atoms with van der Waals surface area (Å²) in [7, 11) is 1.99. The van der Waals surface area contributed by atoms with Gasteiger partial charge in [-0.2, -0.15) is 0 Å². The van der Waals surface area contributed by atoms with Crippen molar-refractivity contribution in [3.8, 4) is 0 Å². The number of amides is 1. The Balaban J connectivity index is 1.81. The Bertz CT molecular complexity index is 269. The van der Waals surface area contributed by atoms with Crippen molar-refractivity contribution >= 4 is 5.91 Å². The molecule has 4 heteroatoms. The monoisotopic (exact) mass is 254 g/mol. The minimum Gasteiger partial charge on any atom is -0.379 e. The lowest BCUT2D eigenvalue weighted by atomic mass is 9.79. The highest BCUT2D eigenvalue weighted by molar-refractivity contribution is 5.77. The maximum atomic E-state index is 12.1. The molecule has 1 saturated carbocycles. The largest absolute Gasteiger partial charge is 0.379 e. The van der Waals surface area contributed by atoms with E-state index in [1.807, 2.05) is 7.05 Å². The van der Waals surface area contributed by atoms with E-state index in [9.17, 15) is 4.79 Å². The second kappa shape index (κ2) is 6.53. The zero-order valence-corrected chi connectivity index (χ0v) is 11.5. The first-order valence-electron chi connectivity index (χ1n) is 7.30. The van der Waals surface area contributed by atoms with E-state index in [4.69, 9.17) is 4.74 Å². The van der Waals surface area contributed by atoms with Crippen LogP contribution in [0.4, 0.5) is 0 Å². The molecule has 1 unspecified atom stereocenters. The molecule has 2 rings (SSSR count). The summed E-state index contributed by atoms with van der Waals surface area (Å²) in [5, 5.41) is 6.51. The molecule has 2 fully saturated rings. The molecule has 2 aliphatic rings. The molecule has 0 aromatic rings. The Morgan fingerprint density at radius 3 is 2.67 bits per heavy atom. The molecule has 1 aliphatic heterocycles. The van der Waals surface area contributed by atoms with Crippen LogP contribution in [0.15, 0.2) is 0 Å². The van der Waals surface area contributed by atoms with Gasteiger partial charge < -0.3 is 15.4 Å². The molecule has 104 valence electrons. The highest BCUT2D eigenvalue weighted by atomic mass is 16.5.